The van der Waals surface area contributed by atoms with Crippen molar-refractivity contribution in [3.05, 3.63) is 54.6 Å². The SMILES string of the molecule is COCCn1nc(-c2ccccc2)c2ccccc21. The minimum Gasteiger partial charge on any atom is -0.383 e. The average Bonchev–Trinajstić information content (AvgIpc) is 2.85. The van der Waals surface area contributed by atoms with E-state index in [1.54, 1.807) is 7.11 Å². The van der Waals surface area contributed by atoms with Crippen LogP contribution in [-0.2, 0) is 11.3 Å². The van der Waals surface area contributed by atoms with E-state index in [4.69, 9.17) is 9.84 Å². The van der Waals surface area contributed by atoms with Crippen LogP contribution in [0.25, 0.3) is 22.2 Å². The highest BCUT2D eigenvalue weighted by Gasteiger charge is 2.10. The zero-order valence-electron chi connectivity index (χ0n) is 10.9. The summed E-state index contributed by atoms with van der Waals surface area (Å²) in [4.78, 5) is 0. The Morgan fingerprint density at radius 1 is 1.00 bits per heavy atom. The normalized spacial score (nSPS) is 11.0. The minimum atomic E-state index is 0.667. The van der Waals surface area contributed by atoms with Gasteiger partial charge in [0.05, 0.1) is 18.7 Å². The van der Waals surface area contributed by atoms with Crippen LogP contribution >= 0.6 is 0 Å². The summed E-state index contributed by atoms with van der Waals surface area (Å²) in [6.07, 6.45) is 0. The monoisotopic (exact) mass is 252 g/mol. The van der Waals surface area contributed by atoms with E-state index in [0.717, 1.165) is 23.3 Å². The maximum absolute atomic E-state index is 5.15. The number of ether oxygens (including phenoxy) is 1. The van der Waals surface area contributed by atoms with Crippen LogP contribution in [0.4, 0.5) is 0 Å². The Hall–Kier alpha value is -2.13. The molecule has 0 aliphatic rings. The van der Waals surface area contributed by atoms with Gasteiger partial charge in [0.2, 0.25) is 0 Å². The lowest BCUT2D eigenvalue weighted by atomic mass is 10.1. The van der Waals surface area contributed by atoms with E-state index in [9.17, 15) is 0 Å². The first-order chi connectivity index (χ1) is 9.40. The first-order valence-corrected chi connectivity index (χ1v) is 6.40. The molecule has 1 aromatic heterocycles. The summed E-state index contributed by atoms with van der Waals surface area (Å²) in [7, 11) is 1.71. The molecule has 0 unspecified atom stereocenters. The topological polar surface area (TPSA) is 27.1 Å². The predicted molar refractivity (Wildman–Crippen MR) is 77.0 cm³/mol. The molecular formula is C16H16N2O. The van der Waals surface area contributed by atoms with Crippen molar-refractivity contribution < 1.29 is 4.74 Å². The zero-order valence-corrected chi connectivity index (χ0v) is 10.9. The molecule has 3 aromatic rings. The predicted octanol–water partition coefficient (Wildman–Crippen LogP) is 3.35. The third kappa shape index (κ3) is 2.25. The second-order valence-corrected chi connectivity index (χ2v) is 4.45. The van der Waals surface area contributed by atoms with Gasteiger partial charge < -0.3 is 4.74 Å². The van der Waals surface area contributed by atoms with E-state index in [1.807, 2.05) is 28.9 Å². The van der Waals surface area contributed by atoms with E-state index in [0.29, 0.717) is 6.61 Å². The molecule has 19 heavy (non-hydrogen) atoms. The van der Waals surface area contributed by atoms with Crippen LogP contribution < -0.4 is 0 Å². The van der Waals surface area contributed by atoms with Crippen molar-refractivity contribution >= 4 is 10.9 Å². The fourth-order valence-corrected chi connectivity index (χ4v) is 2.28. The van der Waals surface area contributed by atoms with Crippen molar-refractivity contribution in [2.24, 2.45) is 0 Å². The van der Waals surface area contributed by atoms with Crippen molar-refractivity contribution in [2.45, 2.75) is 6.54 Å². The van der Waals surface area contributed by atoms with Gasteiger partial charge in [-0.25, -0.2) is 0 Å². The van der Waals surface area contributed by atoms with Gasteiger partial charge in [-0.2, -0.15) is 5.10 Å². The number of methoxy groups -OCH3 is 1. The molecule has 0 saturated carbocycles. The highest BCUT2D eigenvalue weighted by molar-refractivity contribution is 5.93. The van der Waals surface area contributed by atoms with E-state index < -0.39 is 0 Å². The van der Waals surface area contributed by atoms with Gasteiger partial charge in [0.1, 0.15) is 5.69 Å². The summed E-state index contributed by atoms with van der Waals surface area (Å²) in [5.41, 5.74) is 3.33. The van der Waals surface area contributed by atoms with Gasteiger partial charge in [-0.3, -0.25) is 4.68 Å². The molecule has 3 nitrogen and oxygen atoms in total. The van der Waals surface area contributed by atoms with Gasteiger partial charge in [0.15, 0.2) is 0 Å². The number of aromatic nitrogens is 2. The maximum atomic E-state index is 5.15. The molecule has 3 heteroatoms. The molecule has 0 amide bonds. The van der Waals surface area contributed by atoms with Gasteiger partial charge in [-0.15, -0.1) is 0 Å². The zero-order chi connectivity index (χ0) is 13.1. The van der Waals surface area contributed by atoms with E-state index in [2.05, 4.69) is 30.3 Å². The lowest BCUT2D eigenvalue weighted by Gasteiger charge is -2.01. The van der Waals surface area contributed by atoms with Gasteiger partial charge in [0, 0.05) is 18.1 Å². The van der Waals surface area contributed by atoms with Crippen molar-refractivity contribution in [1.82, 2.24) is 9.78 Å². The van der Waals surface area contributed by atoms with E-state index in [-0.39, 0.29) is 0 Å². The van der Waals surface area contributed by atoms with Crippen LogP contribution in [0.15, 0.2) is 54.6 Å². The summed E-state index contributed by atoms with van der Waals surface area (Å²) in [6, 6.07) is 18.6. The summed E-state index contributed by atoms with van der Waals surface area (Å²) in [5, 5.41) is 5.92. The van der Waals surface area contributed by atoms with E-state index >= 15 is 0 Å². The molecular weight excluding hydrogens is 236 g/mol. The Balaban J connectivity index is 2.15. The Labute approximate surface area is 112 Å². The number of para-hydroxylation sites is 1. The quantitative estimate of drug-likeness (QED) is 0.712. The number of hydrogen-bond donors (Lipinski definition) is 0. The van der Waals surface area contributed by atoms with Gasteiger partial charge in [-0.05, 0) is 6.07 Å². The van der Waals surface area contributed by atoms with Crippen molar-refractivity contribution in [3.8, 4) is 11.3 Å². The first-order valence-electron chi connectivity index (χ1n) is 6.40. The molecule has 0 aliphatic heterocycles. The standard InChI is InChI=1S/C16H16N2O/c1-19-12-11-18-15-10-6-5-9-14(15)16(17-18)13-7-3-2-4-8-13/h2-10H,11-12H2,1H3. The fourth-order valence-electron chi connectivity index (χ4n) is 2.28. The largest absolute Gasteiger partial charge is 0.383 e. The molecule has 0 spiro atoms. The smallest absolute Gasteiger partial charge is 0.100 e. The molecule has 0 aliphatic carbocycles. The lowest BCUT2D eigenvalue weighted by Crippen LogP contribution is -2.05. The Morgan fingerprint density at radius 2 is 1.74 bits per heavy atom. The molecule has 96 valence electrons. The molecule has 0 saturated heterocycles. The van der Waals surface area contributed by atoms with E-state index in [1.165, 1.54) is 5.39 Å². The second-order valence-electron chi connectivity index (χ2n) is 4.45. The average molecular weight is 252 g/mol. The van der Waals surface area contributed by atoms with Crippen LogP contribution in [-0.4, -0.2) is 23.5 Å². The molecule has 1 heterocycles. The number of benzene rings is 2. The Kier molecular flexibility index (Phi) is 3.29. The molecule has 0 bridgehead atoms. The van der Waals surface area contributed by atoms with Gasteiger partial charge >= 0.3 is 0 Å². The fraction of sp³-hybridized carbons (Fsp3) is 0.188. The van der Waals surface area contributed by atoms with Crippen molar-refractivity contribution in [3.63, 3.8) is 0 Å². The highest BCUT2D eigenvalue weighted by Crippen LogP contribution is 2.27. The van der Waals surface area contributed by atoms with Crippen LogP contribution in [0.1, 0.15) is 0 Å². The van der Waals surface area contributed by atoms with Gasteiger partial charge in [-0.1, -0.05) is 48.5 Å². The third-order valence-corrected chi connectivity index (χ3v) is 3.21. The number of hydrogen-bond acceptors (Lipinski definition) is 2. The summed E-state index contributed by atoms with van der Waals surface area (Å²) in [5.74, 6) is 0. The highest BCUT2D eigenvalue weighted by atomic mass is 16.5. The number of rotatable bonds is 4. The number of nitrogens with zero attached hydrogens (tertiary/aromatic N) is 2. The lowest BCUT2D eigenvalue weighted by molar-refractivity contribution is 0.185. The molecule has 2 aromatic carbocycles. The van der Waals surface area contributed by atoms with Crippen LogP contribution in [0.5, 0.6) is 0 Å². The van der Waals surface area contributed by atoms with Crippen molar-refractivity contribution in [1.29, 1.82) is 0 Å². The van der Waals surface area contributed by atoms with Crippen molar-refractivity contribution in [2.75, 3.05) is 13.7 Å². The second kappa shape index (κ2) is 5.24. The van der Waals surface area contributed by atoms with Crippen LogP contribution in [0.2, 0.25) is 0 Å². The molecule has 0 N–H and O–H groups in total. The maximum Gasteiger partial charge on any atom is 0.100 e. The number of fused-ring (bicyclic) bond motifs is 1. The van der Waals surface area contributed by atoms with Crippen LogP contribution in [0, 0.1) is 0 Å². The molecule has 0 atom stereocenters. The summed E-state index contributed by atoms with van der Waals surface area (Å²) >= 11 is 0. The third-order valence-electron chi connectivity index (χ3n) is 3.21. The Bertz CT molecular complexity index is 674. The first kappa shape index (κ1) is 11.9. The molecule has 0 fully saturated rings. The van der Waals surface area contributed by atoms with Gasteiger partial charge in [0.25, 0.3) is 0 Å². The Morgan fingerprint density at radius 3 is 2.53 bits per heavy atom. The molecule has 3 rings (SSSR count). The molecule has 0 radical (unpaired) electrons. The minimum absolute atomic E-state index is 0.667. The van der Waals surface area contributed by atoms with Crippen LogP contribution in [0.3, 0.4) is 0 Å². The summed E-state index contributed by atoms with van der Waals surface area (Å²) in [6.45, 7) is 1.43. The summed E-state index contributed by atoms with van der Waals surface area (Å²) < 4.78 is 7.16.